The topological polar surface area (TPSA) is 87.7 Å². The maximum atomic E-state index is 12.5. The van der Waals surface area contributed by atoms with Crippen molar-refractivity contribution in [1.82, 2.24) is 4.90 Å². The summed E-state index contributed by atoms with van der Waals surface area (Å²) in [6.07, 6.45) is 0. The number of anilines is 2. The summed E-state index contributed by atoms with van der Waals surface area (Å²) >= 11 is 11.9. The molecule has 0 saturated carbocycles. The molecule has 0 unspecified atom stereocenters. The zero-order valence-electron chi connectivity index (χ0n) is 14.8. The molecule has 1 fully saturated rings. The first-order valence-corrected chi connectivity index (χ1v) is 10.8. The summed E-state index contributed by atoms with van der Waals surface area (Å²) in [5.74, 6) is -0.138. The molecule has 0 atom stereocenters. The van der Waals surface area contributed by atoms with Crippen molar-refractivity contribution in [2.45, 2.75) is 4.90 Å². The standard InChI is InChI=1S/C18H19Cl2N3O4S/c19-15-2-1-3-16(18(15)20)28(25,26)22-14-6-4-13(5-7-14)21-17(24)12-23-8-10-27-11-9-23/h1-7,22H,8-12H2,(H,21,24). The minimum Gasteiger partial charge on any atom is -0.379 e. The molecule has 1 amide bonds. The van der Waals surface area contributed by atoms with Gasteiger partial charge in [0, 0.05) is 24.5 Å². The lowest BCUT2D eigenvalue weighted by Crippen LogP contribution is -2.41. The quantitative estimate of drug-likeness (QED) is 0.715. The first kappa shape index (κ1) is 20.9. The number of carbonyl (C=O) groups excluding carboxylic acids is 1. The van der Waals surface area contributed by atoms with Crippen LogP contribution >= 0.6 is 23.2 Å². The van der Waals surface area contributed by atoms with Gasteiger partial charge in [0.1, 0.15) is 4.90 Å². The molecule has 10 heteroatoms. The fourth-order valence-electron chi connectivity index (χ4n) is 2.69. The number of carbonyl (C=O) groups is 1. The van der Waals surface area contributed by atoms with Crippen molar-refractivity contribution in [3.05, 3.63) is 52.5 Å². The largest absolute Gasteiger partial charge is 0.379 e. The molecule has 0 radical (unpaired) electrons. The van der Waals surface area contributed by atoms with Gasteiger partial charge in [-0.2, -0.15) is 0 Å². The van der Waals surface area contributed by atoms with Crippen molar-refractivity contribution in [3.8, 4) is 0 Å². The molecule has 7 nitrogen and oxygen atoms in total. The number of rotatable bonds is 6. The molecule has 0 aromatic heterocycles. The SMILES string of the molecule is O=C(CN1CCOCC1)Nc1ccc(NS(=O)(=O)c2cccc(Cl)c2Cl)cc1. The second-order valence-electron chi connectivity index (χ2n) is 6.17. The Morgan fingerprint density at radius 1 is 1.04 bits per heavy atom. The van der Waals surface area contributed by atoms with Crippen LogP contribution in [0.5, 0.6) is 0 Å². The van der Waals surface area contributed by atoms with Gasteiger partial charge in [-0.05, 0) is 36.4 Å². The van der Waals surface area contributed by atoms with Gasteiger partial charge in [-0.1, -0.05) is 29.3 Å². The van der Waals surface area contributed by atoms with Gasteiger partial charge in [-0.15, -0.1) is 0 Å². The van der Waals surface area contributed by atoms with Gasteiger partial charge in [0.25, 0.3) is 10.0 Å². The highest BCUT2D eigenvalue weighted by atomic mass is 35.5. The van der Waals surface area contributed by atoms with E-state index in [1.807, 2.05) is 4.90 Å². The van der Waals surface area contributed by atoms with Crippen LogP contribution in [-0.4, -0.2) is 52.1 Å². The lowest BCUT2D eigenvalue weighted by molar-refractivity contribution is -0.118. The maximum absolute atomic E-state index is 12.5. The van der Waals surface area contributed by atoms with Crippen LogP contribution in [0.2, 0.25) is 10.0 Å². The highest BCUT2D eigenvalue weighted by molar-refractivity contribution is 7.92. The molecule has 1 heterocycles. The Hall–Kier alpha value is -1.84. The fraction of sp³-hybridized carbons (Fsp3) is 0.278. The average Bonchev–Trinajstić information content (AvgIpc) is 2.66. The summed E-state index contributed by atoms with van der Waals surface area (Å²) in [7, 11) is -3.89. The van der Waals surface area contributed by atoms with Gasteiger partial charge in [0.15, 0.2) is 0 Å². The normalized spacial score (nSPS) is 15.2. The van der Waals surface area contributed by atoms with Crippen LogP contribution in [0.15, 0.2) is 47.4 Å². The van der Waals surface area contributed by atoms with Crippen LogP contribution in [-0.2, 0) is 19.6 Å². The van der Waals surface area contributed by atoms with Crippen LogP contribution in [0.1, 0.15) is 0 Å². The molecule has 2 aromatic rings. The summed E-state index contributed by atoms with van der Waals surface area (Å²) in [6.45, 7) is 2.98. The zero-order chi connectivity index (χ0) is 20.1. The number of halogens is 2. The molecule has 1 aliphatic heterocycles. The van der Waals surface area contributed by atoms with Crippen LogP contribution in [0, 0.1) is 0 Å². The number of benzene rings is 2. The Kier molecular flexibility index (Phi) is 6.79. The van der Waals surface area contributed by atoms with Gasteiger partial charge < -0.3 is 10.1 Å². The van der Waals surface area contributed by atoms with E-state index in [1.54, 1.807) is 24.3 Å². The Morgan fingerprint density at radius 2 is 1.68 bits per heavy atom. The zero-order valence-corrected chi connectivity index (χ0v) is 17.1. The molecule has 0 bridgehead atoms. The number of amides is 1. The number of morpholine rings is 1. The first-order valence-electron chi connectivity index (χ1n) is 8.52. The Balaban J connectivity index is 1.62. The highest BCUT2D eigenvalue weighted by Crippen LogP contribution is 2.30. The van der Waals surface area contributed by atoms with Gasteiger partial charge in [-0.3, -0.25) is 14.4 Å². The Labute approximate surface area is 173 Å². The van der Waals surface area contributed by atoms with Crippen LogP contribution in [0.25, 0.3) is 0 Å². The average molecular weight is 444 g/mol. The summed E-state index contributed by atoms with van der Waals surface area (Å²) in [5, 5.41) is 2.91. The van der Waals surface area contributed by atoms with Crippen molar-refractivity contribution in [3.63, 3.8) is 0 Å². The third-order valence-corrected chi connectivity index (χ3v) is 6.45. The highest BCUT2D eigenvalue weighted by Gasteiger charge is 2.20. The van der Waals surface area contributed by atoms with Crippen molar-refractivity contribution < 1.29 is 17.9 Å². The number of nitrogens with one attached hydrogen (secondary N) is 2. The van der Waals surface area contributed by atoms with Crippen LogP contribution < -0.4 is 10.0 Å². The minimum absolute atomic E-state index is 0.0383. The van der Waals surface area contributed by atoms with Crippen molar-refractivity contribution in [2.24, 2.45) is 0 Å². The van der Waals surface area contributed by atoms with Gasteiger partial charge in [0.2, 0.25) is 5.91 Å². The number of hydrogen-bond acceptors (Lipinski definition) is 5. The third-order valence-electron chi connectivity index (χ3n) is 4.10. The molecule has 2 N–H and O–H groups in total. The van der Waals surface area contributed by atoms with Gasteiger partial charge in [-0.25, -0.2) is 8.42 Å². The summed E-state index contributed by atoms with van der Waals surface area (Å²) < 4.78 is 32.7. The van der Waals surface area contributed by atoms with E-state index >= 15 is 0 Å². The smallest absolute Gasteiger partial charge is 0.263 e. The number of hydrogen-bond donors (Lipinski definition) is 2. The van der Waals surface area contributed by atoms with E-state index in [9.17, 15) is 13.2 Å². The van der Waals surface area contributed by atoms with Crippen molar-refractivity contribution in [1.29, 1.82) is 0 Å². The predicted octanol–water partition coefficient (Wildman–Crippen LogP) is 3.06. The number of sulfonamides is 1. The van der Waals surface area contributed by atoms with E-state index in [2.05, 4.69) is 10.0 Å². The third kappa shape index (κ3) is 5.36. The fourth-order valence-corrected chi connectivity index (χ4v) is 4.51. The number of ether oxygens (including phenoxy) is 1. The van der Waals surface area contributed by atoms with Crippen molar-refractivity contribution in [2.75, 3.05) is 42.9 Å². The summed E-state index contributed by atoms with van der Waals surface area (Å²) in [5.41, 5.74) is 0.907. The minimum atomic E-state index is -3.89. The van der Waals surface area contributed by atoms with E-state index in [0.29, 0.717) is 24.6 Å². The van der Waals surface area contributed by atoms with Crippen LogP contribution in [0.3, 0.4) is 0 Å². The van der Waals surface area contributed by atoms with Gasteiger partial charge in [0.05, 0.1) is 29.8 Å². The summed E-state index contributed by atoms with van der Waals surface area (Å²) in [6, 6.07) is 10.7. The monoisotopic (exact) mass is 443 g/mol. The molecule has 0 spiro atoms. The Morgan fingerprint density at radius 3 is 2.36 bits per heavy atom. The Bertz CT molecular complexity index is 946. The van der Waals surface area contributed by atoms with E-state index in [4.69, 9.17) is 27.9 Å². The second kappa shape index (κ2) is 9.11. The van der Waals surface area contributed by atoms with Crippen molar-refractivity contribution >= 4 is 50.5 Å². The molecular formula is C18H19Cl2N3O4S. The molecule has 3 rings (SSSR count). The molecule has 28 heavy (non-hydrogen) atoms. The molecule has 0 aliphatic carbocycles. The van der Waals surface area contributed by atoms with Crippen LogP contribution in [0.4, 0.5) is 11.4 Å². The molecule has 2 aromatic carbocycles. The number of nitrogens with zero attached hydrogens (tertiary/aromatic N) is 1. The van der Waals surface area contributed by atoms with E-state index in [-0.39, 0.29) is 27.4 Å². The lowest BCUT2D eigenvalue weighted by Gasteiger charge is -2.25. The molecule has 150 valence electrons. The molecular weight excluding hydrogens is 425 g/mol. The molecule has 1 saturated heterocycles. The van der Waals surface area contributed by atoms with Gasteiger partial charge >= 0.3 is 0 Å². The van der Waals surface area contributed by atoms with E-state index in [1.165, 1.54) is 18.2 Å². The van der Waals surface area contributed by atoms with E-state index in [0.717, 1.165) is 13.1 Å². The lowest BCUT2D eigenvalue weighted by atomic mass is 10.3. The second-order valence-corrected chi connectivity index (χ2v) is 8.61. The maximum Gasteiger partial charge on any atom is 0.263 e. The predicted molar refractivity (Wildman–Crippen MR) is 110 cm³/mol. The van der Waals surface area contributed by atoms with E-state index < -0.39 is 10.0 Å². The first-order chi connectivity index (χ1) is 13.3. The summed E-state index contributed by atoms with van der Waals surface area (Å²) in [4.78, 5) is 14.0. The molecule has 1 aliphatic rings.